The second-order valence-corrected chi connectivity index (χ2v) is 12.8. The minimum atomic E-state index is -0.854. The van der Waals surface area contributed by atoms with Gasteiger partial charge in [0.05, 0.1) is 17.5 Å². The first-order valence-corrected chi connectivity index (χ1v) is 15.1. The number of amides is 1. The minimum absolute atomic E-state index is 0.0708. The van der Waals surface area contributed by atoms with Crippen LogP contribution in [-0.2, 0) is 26.2 Å². The predicted molar refractivity (Wildman–Crippen MR) is 160 cm³/mol. The Morgan fingerprint density at radius 1 is 1.29 bits per heavy atom. The Morgan fingerprint density at radius 3 is 2.81 bits per heavy atom. The van der Waals surface area contributed by atoms with Gasteiger partial charge in [-0.1, -0.05) is 44.0 Å². The fourth-order valence-electron chi connectivity index (χ4n) is 8.43. The third kappa shape index (κ3) is 4.22. The third-order valence-electron chi connectivity index (χ3n) is 9.75. The maximum absolute atomic E-state index is 13.9. The molecule has 0 aromatic heterocycles. The van der Waals surface area contributed by atoms with Gasteiger partial charge < -0.3 is 19.5 Å². The van der Waals surface area contributed by atoms with Crippen molar-refractivity contribution in [3.63, 3.8) is 0 Å². The first-order chi connectivity index (χ1) is 20.1. The van der Waals surface area contributed by atoms with Crippen LogP contribution >= 0.6 is 0 Å². The number of likely N-dealkylation sites (tertiary alicyclic amines) is 1. The molecule has 42 heavy (non-hydrogen) atoms. The van der Waals surface area contributed by atoms with Crippen LogP contribution in [0.15, 0.2) is 49.1 Å². The molecule has 7 heteroatoms. The molecule has 2 bridgehead atoms. The first kappa shape index (κ1) is 28.4. The van der Waals surface area contributed by atoms with E-state index in [4.69, 9.17) is 9.47 Å². The summed E-state index contributed by atoms with van der Waals surface area (Å²) in [5, 5.41) is 11.1. The molecule has 1 saturated heterocycles. The molecule has 2 aromatic carbocycles. The number of ether oxygens (including phenoxy) is 2. The average Bonchev–Trinajstić information content (AvgIpc) is 3.29. The standard InChI is InChI=1S/C35H40N2O5/c1-6-17-36-18-16-34-31-26-11-12-28(39)32(31)41-33(34)27(14-15-35(34,29(36)20-26)42-24(5)38)37(21-22(2)3)30(40)13-10-25-9-7-8-23(4)19-25/h6-9,11-12,19,22,27,29,33,39H,1,14-18,20-21H2,2-5H3/t27-,29+,33-,34-,35+/m0/s1. The number of esters is 1. The van der Waals surface area contributed by atoms with Crippen molar-refractivity contribution >= 4 is 11.9 Å². The van der Waals surface area contributed by atoms with Gasteiger partial charge in [-0.25, -0.2) is 0 Å². The van der Waals surface area contributed by atoms with E-state index < -0.39 is 17.1 Å². The van der Waals surface area contributed by atoms with Gasteiger partial charge in [-0.2, -0.15) is 0 Å². The number of nitrogens with zero attached hydrogens (tertiary/aromatic N) is 2. The fraction of sp³-hybridized carbons (Fsp3) is 0.486. The Bertz CT molecular complexity index is 1500. The quantitative estimate of drug-likeness (QED) is 0.314. The summed E-state index contributed by atoms with van der Waals surface area (Å²) in [6.07, 6.45) is 3.94. The third-order valence-corrected chi connectivity index (χ3v) is 9.75. The Labute approximate surface area is 248 Å². The van der Waals surface area contributed by atoms with Gasteiger partial charge in [-0.05, 0) is 67.9 Å². The average molecular weight is 569 g/mol. The molecule has 2 aromatic rings. The number of aryl methyl sites for hydroxylation is 1. The zero-order valence-electron chi connectivity index (χ0n) is 25.0. The van der Waals surface area contributed by atoms with E-state index in [0.29, 0.717) is 44.5 Å². The molecule has 4 aliphatic rings. The molecule has 2 aliphatic carbocycles. The molecular formula is C35H40N2O5. The second-order valence-electron chi connectivity index (χ2n) is 12.8. The number of carbonyl (C=O) groups excluding carboxylic acids is 2. The van der Waals surface area contributed by atoms with Crippen LogP contribution in [0, 0.1) is 24.7 Å². The number of benzene rings is 2. The SMILES string of the molecule is C=CCN1CC[C@]23c4c5ccc(O)c4O[C@H]2[C@@H](N(CC(C)C)C(=O)C#Cc2cccc(C)c2)CC[C@@]3(OC(C)=O)[C@H]1C5. The number of piperidine rings is 1. The van der Waals surface area contributed by atoms with Gasteiger partial charge in [0, 0.05) is 43.6 Å². The van der Waals surface area contributed by atoms with E-state index in [9.17, 15) is 14.7 Å². The lowest BCUT2D eigenvalue weighted by Crippen LogP contribution is -2.79. The van der Waals surface area contributed by atoms with Crippen molar-refractivity contribution in [1.29, 1.82) is 0 Å². The minimum Gasteiger partial charge on any atom is -0.504 e. The number of carbonyl (C=O) groups is 2. The monoisotopic (exact) mass is 568 g/mol. The molecule has 2 heterocycles. The molecule has 0 radical (unpaired) electrons. The van der Waals surface area contributed by atoms with Crippen LogP contribution in [0.4, 0.5) is 0 Å². The molecule has 2 fully saturated rings. The highest BCUT2D eigenvalue weighted by Crippen LogP contribution is 2.67. The largest absolute Gasteiger partial charge is 0.504 e. The number of rotatable bonds is 6. The summed E-state index contributed by atoms with van der Waals surface area (Å²) in [6, 6.07) is 11.1. The lowest BCUT2D eigenvalue weighted by atomic mass is 9.48. The molecular weight excluding hydrogens is 528 g/mol. The van der Waals surface area contributed by atoms with Crippen LogP contribution < -0.4 is 4.74 Å². The van der Waals surface area contributed by atoms with E-state index in [1.54, 1.807) is 6.07 Å². The van der Waals surface area contributed by atoms with Crippen LogP contribution in [0.25, 0.3) is 0 Å². The Kier molecular flexibility index (Phi) is 7.09. The Balaban J connectivity index is 1.48. The van der Waals surface area contributed by atoms with Gasteiger partial charge in [-0.15, -0.1) is 6.58 Å². The normalized spacial score (nSPS) is 28.6. The summed E-state index contributed by atoms with van der Waals surface area (Å²) in [6.45, 7) is 13.6. The Hall–Kier alpha value is -3.76. The summed E-state index contributed by atoms with van der Waals surface area (Å²) in [4.78, 5) is 31.0. The van der Waals surface area contributed by atoms with Crippen molar-refractivity contribution in [2.24, 2.45) is 5.92 Å². The number of hydrogen-bond donors (Lipinski definition) is 1. The lowest BCUT2D eigenvalue weighted by Gasteiger charge is -2.65. The van der Waals surface area contributed by atoms with Crippen molar-refractivity contribution in [2.45, 2.75) is 82.6 Å². The summed E-state index contributed by atoms with van der Waals surface area (Å²) < 4.78 is 13.3. The summed E-state index contributed by atoms with van der Waals surface area (Å²) in [7, 11) is 0. The molecule has 1 spiro atoms. The van der Waals surface area contributed by atoms with Crippen molar-refractivity contribution in [1.82, 2.24) is 9.80 Å². The van der Waals surface area contributed by atoms with Gasteiger partial charge in [0.25, 0.3) is 5.91 Å². The number of hydrogen-bond acceptors (Lipinski definition) is 6. The summed E-state index contributed by atoms with van der Waals surface area (Å²) >= 11 is 0. The molecule has 220 valence electrons. The molecule has 0 unspecified atom stereocenters. The molecule has 2 aliphatic heterocycles. The van der Waals surface area contributed by atoms with E-state index in [1.165, 1.54) is 6.92 Å². The van der Waals surface area contributed by atoms with E-state index in [2.05, 4.69) is 37.2 Å². The van der Waals surface area contributed by atoms with Crippen molar-refractivity contribution in [2.75, 3.05) is 19.6 Å². The van der Waals surface area contributed by atoms with Crippen LogP contribution in [0.5, 0.6) is 11.5 Å². The van der Waals surface area contributed by atoms with Gasteiger partial charge in [-0.3, -0.25) is 14.5 Å². The van der Waals surface area contributed by atoms with E-state index in [-0.39, 0.29) is 35.6 Å². The number of phenols is 1. The summed E-state index contributed by atoms with van der Waals surface area (Å²) in [5.41, 5.74) is 2.39. The number of phenolic OH excluding ortho intramolecular Hbond substituents is 1. The van der Waals surface area contributed by atoms with Crippen LogP contribution in [0.3, 0.4) is 0 Å². The molecule has 6 rings (SSSR count). The van der Waals surface area contributed by atoms with Crippen LogP contribution in [0.2, 0.25) is 0 Å². The summed E-state index contributed by atoms with van der Waals surface area (Å²) in [5.74, 6) is 6.19. The van der Waals surface area contributed by atoms with Crippen LogP contribution in [0.1, 0.15) is 62.3 Å². The predicted octanol–water partition coefficient (Wildman–Crippen LogP) is 4.52. The lowest BCUT2D eigenvalue weighted by molar-refractivity contribution is -0.223. The molecule has 7 nitrogen and oxygen atoms in total. The zero-order valence-corrected chi connectivity index (χ0v) is 25.0. The van der Waals surface area contributed by atoms with Gasteiger partial charge in [0.1, 0.15) is 11.7 Å². The highest BCUT2D eigenvalue weighted by Gasteiger charge is 2.75. The van der Waals surface area contributed by atoms with Gasteiger partial charge in [0.2, 0.25) is 0 Å². The molecule has 1 N–H and O–H groups in total. The fourth-order valence-corrected chi connectivity index (χ4v) is 8.43. The topological polar surface area (TPSA) is 79.3 Å². The maximum Gasteiger partial charge on any atom is 0.303 e. The van der Waals surface area contributed by atoms with Crippen LogP contribution in [-0.4, -0.2) is 70.2 Å². The molecule has 1 amide bonds. The first-order valence-electron chi connectivity index (χ1n) is 15.1. The van der Waals surface area contributed by atoms with Gasteiger partial charge in [0.15, 0.2) is 11.5 Å². The van der Waals surface area contributed by atoms with E-state index in [1.807, 2.05) is 48.2 Å². The highest BCUT2D eigenvalue weighted by molar-refractivity contribution is 5.94. The van der Waals surface area contributed by atoms with Crippen molar-refractivity contribution < 1.29 is 24.2 Å². The van der Waals surface area contributed by atoms with E-state index >= 15 is 0 Å². The number of aromatic hydroxyl groups is 1. The van der Waals surface area contributed by atoms with E-state index in [0.717, 1.165) is 28.8 Å². The van der Waals surface area contributed by atoms with Gasteiger partial charge >= 0.3 is 5.97 Å². The van der Waals surface area contributed by atoms with Crippen molar-refractivity contribution in [3.05, 3.63) is 71.3 Å². The second kappa shape index (κ2) is 10.5. The molecule has 1 saturated carbocycles. The highest BCUT2D eigenvalue weighted by atomic mass is 16.6. The smallest absolute Gasteiger partial charge is 0.303 e. The molecule has 5 atom stereocenters. The van der Waals surface area contributed by atoms with Crippen molar-refractivity contribution in [3.8, 4) is 23.3 Å². The Morgan fingerprint density at radius 2 is 2.10 bits per heavy atom. The maximum atomic E-state index is 13.9. The zero-order chi connectivity index (χ0) is 29.8.